The van der Waals surface area contributed by atoms with Crippen molar-refractivity contribution in [1.82, 2.24) is 10.2 Å². The molecule has 1 aliphatic rings. The highest BCUT2D eigenvalue weighted by atomic mass is 35.5. The van der Waals surface area contributed by atoms with Gasteiger partial charge in [0.05, 0.1) is 11.9 Å². The van der Waals surface area contributed by atoms with Gasteiger partial charge in [-0.25, -0.2) is 8.42 Å². The summed E-state index contributed by atoms with van der Waals surface area (Å²) < 4.78 is 26.1. The summed E-state index contributed by atoms with van der Waals surface area (Å²) in [6, 6.07) is 16.1. The summed E-state index contributed by atoms with van der Waals surface area (Å²) in [4.78, 5) is 28.1. The molecule has 1 N–H and O–H groups in total. The van der Waals surface area contributed by atoms with Crippen molar-refractivity contribution < 1.29 is 18.0 Å². The van der Waals surface area contributed by atoms with Crippen LogP contribution in [0.25, 0.3) is 0 Å². The number of benzene rings is 2. The van der Waals surface area contributed by atoms with Crippen LogP contribution in [0.2, 0.25) is 5.02 Å². The molecular formula is C28H38ClN3O4S. The highest BCUT2D eigenvalue weighted by molar-refractivity contribution is 7.92. The molecule has 1 fully saturated rings. The third-order valence-corrected chi connectivity index (χ3v) is 8.28. The molecule has 37 heavy (non-hydrogen) atoms. The van der Waals surface area contributed by atoms with E-state index in [-0.39, 0.29) is 30.8 Å². The molecule has 3 rings (SSSR count). The molecule has 0 spiro atoms. The molecular weight excluding hydrogens is 510 g/mol. The Morgan fingerprint density at radius 1 is 1.03 bits per heavy atom. The lowest BCUT2D eigenvalue weighted by molar-refractivity contribution is -0.140. The molecule has 0 aliphatic heterocycles. The fraction of sp³-hybridized carbons (Fsp3) is 0.500. The Morgan fingerprint density at radius 3 is 2.38 bits per heavy atom. The van der Waals surface area contributed by atoms with Crippen molar-refractivity contribution in [3.8, 4) is 0 Å². The number of rotatable bonds is 12. The minimum atomic E-state index is -3.56. The van der Waals surface area contributed by atoms with Crippen LogP contribution in [0.15, 0.2) is 54.6 Å². The number of hydrogen-bond acceptors (Lipinski definition) is 4. The second-order valence-electron chi connectivity index (χ2n) is 9.76. The van der Waals surface area contributed by atoms with Crippen LogP contribution < -0.4 is 9.62 Å². The quantitative estimate of drug-likeness (QED) is 0.414. The largest absolute Gasteiger partial charge is 0.352 e. The van der Waals surface area contributed by atoms with Gasteiger partial charge < -0.3 is 10.2 Å². The Hall–Kier alpha value is -2.58. The van der Waals surface area contributed by atoms with Crippen molar-refractivity contribution in [3.63, 3.8) is 0 Å². The van der Waals surface area contributed by atoms with Gasteiger partial charge in [0.15, 0.2) is 0 Å². The van der Waals surface area contributed by atoms with Crippen LogP contribution in [0.5, 0.6) is 0 Å². The number of nitrogens with zero attached hydrogens (tertiary/aromatic N) is 2. The van der Waals surface area contributed by atoms with Crippen LogP contribution in [-0.2, 0) is 26.0 Å². The molecule has 202 valence electrons. The lowest BCUT2D eigenvalue weighted by atomic mass is 9.95. The number of anilines is 1. The molecule has 1 atom stereocenters. The molecule has 0 aromatic heterocycles. The summed E-state index contributed by atoms with van der Waals surface area (Å²) in [5.41, 5.74) is 1.55. The van der Waals surface area contributed by atoms with Crippen molar-refractivity contribution in [2.45, 2.75) is 70.4 Å². The van der Waals surface area contributed by atoms with E-state index in [1.54, 1.807) is 36.1 Å². The second kappa shape index (κ2) is 13.8. The zero-order valence-corrected chi connectivity index (χ0v) is 23.3. The monoisotopic (exact) mass is 547 g/mol. The van der Waals surface area contributed by atoms with E-state index in [4.69, 9.17) is 11.6 Å². The van der Waals surface area contributed by atoms with E-state index < -0.39 is 16.1 Å². The van der Waals surface area contributed by atoms with E-state index in [2.05, 4.69) is 5.32 Å². The molecule has 1 unspecified atom stereocenters. The van der Waals surface area contributed by atoms with Crippen LogP contribution in [0, 0.1) is 0 Å². The smallest absolute Gasteiger partial charge is 0.242 e. The number of carbonyl (C=O) groups is 2. The molecule has 0 radical (unpaired) electrons. The molecule has 2 aromatic carbocycles. The average Bonchev–Trinajstić information content (AvgIpc) is 2.87. The summed E-state index contributed by atoms with van der Waals surface area (Å²) in [6.07, 6.45) is 7.58. The van der Waals surface area contributed by atoms with Crippen LogP contribution in [-0.4, -0.2) is 56.6 Å². The minimum absolute atomic E-state index is 0.127. The second-order valence-corrected chi connectivity index (χ2v) is 12.1. The highest BCUT2D eigenvalue weighted by Crippen LogP contribution is 2.23. The summed E-state index contributed by atoms with van der Waals surface area (Å²) in [5.74, 6) is -0.299. The number of hydrogen-bond donors (Lipinski definition) is 1. The predicted octanol–water partition coefficient (Wildman–Crippen LogP) is 4.79. The number of halogens is 1. The lowest BCUT2D eigenvalue weighted by Gasteiger charge is -2.31. The first-order chi connectivity index (χ1) is 17.6. The molecule has 0 heterocycles. The van der Waals surface area contributed by atoms with Gasteiger partial charge in [-0.1, -0.05) is 67.3 Å². The van der Waals surface area contributed by atoms with E-state index in [0.29, 0.717) is 30.1 Å². The van der Waals surface area contributed by atoms with Crippen LogP contribution >= 0.6 is 11.6 Å². The van der Waals surface area contributed by atoms with Gasteiger partial charge in [0.2, 0.25) is 21.8 Å². The summed E-state index contributed by atoms with van der Waals surface area (Å²) in [7, 11) is -3.56. The maximum Gasteiger partial charge on any atom is 0.242 e. The van der Waals surface area contributed by atoms with E-state index in [0.717, 1.165) is 37.5 Å². The molecule has 0 saturated heterocycles. The van der Waals surface area contributed by atoms with Crippen molar-refractivity contribution in [3.05, 3.63) is 65.2 Å². The first kappa shape index (κ1) is 29.0. The van der Waals surface area contributed by atoms with E-state index in [9.17, 15) is 18.0 Å². The third-order valence-electron chi connectivity index (χ3n) is 6.85. The molecule has 9 heteroatoms. The van der Waals surface area contributed by atoms with Crippen LogP contribution in [0.3, 0.4) is 0 Å². The van der Waals surface area contributed by atoms with Gasteiger partial charge in [-0.05, 0) is 56.4 Å². The Labute approximate surface area is 226 Å². The third kappa shape index (κ3) is 9.04. The topological polar surface area (TPSA) is 86.8 Å². The fourth-order valence-electron chi connectivity index (χ4n) is 4.77. The maximum atomic E-state index is 13.4. The lowest BCUT2D eigenvalue weighted by Crippen LogP contribution is -2.51. The molecule has 2 aromatic rings. The van der Waals surface area contributed by atoms with Crippen LogP contribution in [0.1, 0.15) is 57.4 Å². The Kier molecular flexibility index (Phi) is 10.8. The van der Waals surface area contributed by atoms with Crippen molar-refractivity contribution in [1.29, 1.82) is 0 Å². The zero-order valence-electron chi connectivity index (χ0n) is 21.7. The maximum absolute atomic E-state index is 13.4. The van der Waals surface area contributed by atoms with Gasteiger partial charge >= 0.3 is 0 Å². The first-order valence-corrected chi connectivity index (χ1v) is 15.2. The normalized spacial score (nSPS) is 15.1. The van der Waals surface area contributed by atoms with Crippen molar-refractivity contribution in [2.75, 3.05) is 23.7 Å². The highest BCUT2D eigenvalue weighted by Gasteiger charge is 2.28. The van der Waals surface area contributed by atoms with Gasteiger partial charge in [0.1, 0.15) is 6.04 Å². The number of carbonyl (C=O) groups excluding carboxylic acids is 2. The predicted molar refractivity (Wildman–Crippen MR) is 149 cm³/mol. The molecule has 7 nitrogen and oxygen atoms in total. The fourth-order valence-corrected chi connectivity index (χ4v) is 5.92. The Bertz CT molecular complexity index is 1140. The van der Waals surface area contributed by atoms with Gasteiger partial charge in [0.25, 0.3) is 0 Å². The Morgan fingerprint density at radius 2 is 1.73 bits per heavy atom. The summed E-state index contributed by atoms with van der Waals surface area (Å²) >= 11 is 6.06. The van der Waals surface area contributed by atoms with Crippen molar-refractivity contribution in [2.24, 2.45) is 0 Å². The van der Waals surface area contributed by atoms with E-state index in [1.165, 1.54) is 10.7 Å². The van der Waals surface area contributed by atoms with Gasteiger partial charge in [0, 0.05) is 30.6 Å². The van der Waals surface area contributed by atoms with Crippen molar-refractivity contribution >= 4 is 39.1 Å². The van der Waals surface area contributed by atoms with E-state index >= 15 is 0 Å². The van der Waals surface area contributed by atoms with Crippen LogP contribution in [0.4, 0.5) is 5.69 Å². The minimum Gasteiger partial charge on any atom is -0.352 e. The molecule has 1 aliphatic carbocycles. The Balaban J connectivity index is 1.67. The molecule has 0 bridgehead atoms. The number of nitrogens with one attached hydrogen (secondary N) is 1. The SMILES string of the molecule is CC(C(=O)NC1CCCCC1)N(CCc1ccccc1)C(=O)CCCN(c1cccc(Cl)c1)S(C)(=O)=O. The molecule has 2 amide bonds. The van der Waals surface area contributed by atoms with Gasteiger partial charge in [-0.15, -0.1) is 0 Å². The number of amides is 2. The van der Waals surface area contributed by atoms with Gasteiger partial charge in [-0.2, -0.15) is 0 Å². The zero-order chi connectivity index (χ0) is 26.8. The number of sulfonamides is 1. The van der Waals surface area contributed by atoms with Gasteiger partial charge in [-0.3, -0.25) is 13.9 Å². The summed E-state index contributed by atoms with van der Waals surface area (Å²) in [6.45, 7) is 2.32. The summed E-state index contributed by atoms with van der Waals surface area (Å²) in [5, 5.41) is 3.58. The average molecular weight is 548 g/mol. The van der Waals surface area contributed by atoms with E-state index in [1.807, 2.05) is 30.3 Å². The standard InChI is InChI=1S/C28H38ClN3O4S/c1-22(28(34)30-25-14-7-4-8-15-25)31(20-18-23-11-5-3-6-12-23)27(33)17-10-19-32(37(2,35)36)26-16-9-13-24(29)21-26/h3,5-6,9,11-13,16,21-22,25H,4,7-8,10,14-15,17-20H2,1-2H3,(H,30,34). The first-order valence-electron chi connectivity index (χ1n) is 13.0. The molecule has 1 saturated carbocycles.